The highest BCUT2D eigenvalue weighted by Gasteiger charge is 2.33. The van der Waals surface area contributed by atoms with E-state index in [1.165, 1.54) is 6.42 Å². The van der Waals surface area contributed by atoms with Gasteiger partial charge in [0.15, 0.2) is 0 Å². The zero-order chi connectivity index (χ0) is 11.8. The molecular weight excluding hydrogens is 241 g/mol. The van der Waals surface area contributed by atoms with Crippen molar-refractivity contribution in [2.75, 3.05) is 0 Å². The standard InChI is InChI=1S/C13H17Cl2N/c1-13(5-4-11(16)8-13)7-9-6-10(14)2-3-12(9)15/h2-3,6,11H,4-5,7-8,16H2,1H3. The SMILES string of the molecule is CC1(Cc2cc(Cl)ccc2Cl)CCC(N)C1. The molecule has 3 heteroatoms. The summed E-state index contributed by atoms with van der Waals surface area (Å²) < 4.78 is 0. The Bertz CT molecular complexity index is 392. The van der Waals surface area contributed by atoms with Gasteiger partial charge in [-0.3, -0.25) is 0 Å². The van der Waals surface area contributed by atoms with Crippen LogP contribution in [-0.2, 0) is 6.42 Å². The third kappa shape index (κ3) is 2.71. The Balaban J connectivity index is 2.17. The summed E-state index contributed by atoms with van der Waals surface area (Å²) in [7, 11) is 0. The number of halogens is 2. The van der Waals surface area contributed by atoms with Gasteiger partial charge in [0.2, 0.25) is 0 Å². The Labute approximate surface area is 107 Å². The highest BCUT2D eigenvalue weighted by Crippen LogP contribution is 2.41. The van der Waals surface area contributed by atoms with Gasteiger partial charge in [0.25, 0.3) is 0 Å². The van der Waals surface area contributed by atoms with E-state index in [0.29, 0.717) is 6.04 Å². The molecule has 1 aliphatic carbocycles. The average Bonchev–Trinajstić information content (AvgIpc) is 2.52. The van der Waals surface area contributed by atoms with Gasteiger partial charge in [-0.1, -0.05) is 30.1 Å². The van der Waals surface area contributed by atoms with Crippen LogP contribution in [0.1, 0.15) is 31.7 Å². The first-order valence-electron chi connectivity index (χ1n) is 5.68. The minimum Gasteiger partial charge on any atom is -0.328 e. The Kier molecular flexibility index (Phi) is 3.48. The van der Waals surface area contributed by atoms with E-state index in [-0.39, 0.29) is 5.41 Å². The molecule has 0 heterocycles. The Hall–Kier alpha value is -0.240. The van der Waals surface area contributed by atoms with Gasteiger partial charge in [-0.05, 0) is 54.9 Å². The molecule has 1 aliphatic rings. The molecule has 2 N–H and O–H groups in total. The fourth-order valence-corrected chi connectivity index (χ4v) is 3.05. The molecule has 16 heavy (non-hydrogen) atoms. The van der Waals surface area contributed by atoms with E-state index in [1.54, 1.807) is 0 Å². The molecule has 0 aliphatic heterocycles. The number of benzene rings is 1. The van der Waals surface area contributed by atoms with E-state index in [2.05, 4.69) is 6.92 Å². The van der Waals surface area contributed by atoms with Gasteiger partial charge < -0.3 is 5.73 Å². The van der Waals surface area contributed by atoms with Gasteiger partial charge in [-0.2, -0.15) is 0 Å². The van der Waals surface area contributed by atoms with E-state index >= 15 is 0 Å². The Morgan fingerprint density at radius 1 is 1.44 bits per heavy atom. The first-order chi connectivity index (χ1) is 7.48. The summed E-state index contributed by atoms with van der Waals surface area (Å²) in [5.41, 5.74) is 7.40. The third-order valence-corrected chi connectivity index (χ3v) is 4.10. The molecule has 0 radical (unpaired) electrons. The van der Waals surface area contributed by atoms with E-state index in [1.807, 2.05) is 18.2 Å². The summed E-state index contributed by atoms with van der Waals surface area (Å²) in [5.74, 6) is 0. The van der Waals surface area contributed by atoms with Gasteiger partial charge in [0.1, 0.15) is 0 Å². The number of hydrogen-bond donors (Lipinski definition) is 1. The maximum absolute atomic E-state index is 6.18. The molecule has 0 saturated heterocycles. The van der Waals surface area contributed by atoms with Crippen LogP contribution in [0.15, 0.2) is 18.2 Å². The zero-order valence-electron chi connectivity index (χ0n) is 9.47. The maximum Gasteiger partial charge on any atom is 0.0439 e. The van der Waals surface area contributed by atoms with Crippen LogP contribution in [0, 0.1) is 5.41 Å². The predicted molar refractivity (Wildman–Crippen MR) is 70.1 cm³/mol. The van der Waals surface area contributed by atoms with Crippen molar-refractivity contribution in [3.05, 3.63) is 33.8 Å². The largest absolute Gasteiger partial charge is 0.328 e. The summed E-state index contributed by atoms with van der Waals surface area (Å²) in [6.45, 7) is 2.29. The molecule has 0 aromatic heterocycles. The summed E-state index contributed by atoms with van der Waals surface area (Å²) >= 11 is 12.2. The number of rotatable bonds is 2. The minimum atomic E-state index is 0.285. The predicted octanol–water partition coefficient (Wildman–Crippen LogP) is 4.05. The van der Waals surface area contributed by atoms with Crippen molar-refractivity contribution >= 4 is 23.2 Å². The molecule has 2 atom stereocenters. The summed E-state index contributed by atoms with van der Waals surface area (Å²) in [6.07, 6.45) is 4.35. The molecule has 2 unspecified atom stereocenters. The second-order valence-electron chi connectivity index (χ2n) is 5.23. The van der Waals surface area contributed by atoms with Crippen molar-refractivity contribution < 1.29 is 0 Å². The lowest BCUT2D eigenvalue weighted by atomic mass is 9.82. The van der Waals surface area contributed by atoms with Gasteiger partial charge in [-0.25, -0.2) is 0 Å². The van der Waals surface area contributed by atoms with Crippen molar-refractivity contribution in [2.24, 2.45) is 11.1 Å². The van der Waals surface area contributed by atoms with E-state index in [9.17, 15) is 0 Å². The van der Waals surface area contributed by atoms with Crippen LogP contribution < -0.4 is 5.73 Å². The molecular formula is C13H17Cl2N. The van der Waals surface area contributed by atoms with Crippen molar-refractivity contribution in [1.29, 1.82) is 0 Å². The van der Waals surface area contributed by atoms with E-state index < -0.39 is 0 Å². The molecule has 0 bridgehead atoms. The molecule has 0 amide bonds. The lowest BCUT2D eigenvalue weighted by Gasteiger charge is -2.24. The maximum atomic E-state index is 6.18. The molecule has 1 saturated carbocycles. The zero-order valence-corrected chi connectivity index (χ0v) is 11.0. The molecule has 88 valence electrons. The number of nitrogens with two attached hydrogens (primary N) is 1. The summed E-state index contributed by atoms with van der Waals surface area (Å²) in [5, 5.41) is 1.57. The van der Waals surface area contributed by atoms with Crippen LogP contribution in [0.2, 0.25) is 10.0 Å². The highest BCUT2D eigenvalue weighted by molar-refractivity contribution is 6.33. The summed E-state index contributed by atoms with van der Waals surface area (Å²) in [6, 6.07) is 6.02. The highest BCUT2D eigenvalue weighted by atomic mass is 35.5. The second-order valence-corrected chi connectivity index (χ2v) is 6.07. The van der Waals surface area contributed by atoms with Crippen LogP contribution in [0.3, 0.4) is 0 Å². The minimum absolute atomic E-state index is 0.285. The van der Waals surface area contributed by atoms with Crippen molar-refractivity contribution in [3.8, 4) is 0 Å². The van der Waals surface area contributed by atoms with Crippen molar-refractivity contribution in [3.63, 3.8) is 0 Å². The average molecular weight is 258 g/mol. The number of hydrogen-bond acceptors (Lipinski definition) is 1. The van der Waals surface area contributed by atoms with Crippen molar-refractivity contribution in [2.45, 2.75) is 38.6 Å². The molecule has 1 aromatic carbocycles. The molecule has 1 nitrogen and oxygen atoms in total. The molecule has 1 aromatic rings. The van der Waals surface area contributed by atoms with Gasteiger partial charge in [-0.15, -0.1) is 0 Å². The van der Waals surface area contributed by atoms with Crippen LogP contribution in [0.25, 0.3) is 0 Å². The van der Waals surface area contributed by atoms with Crippen molar-refractivity contribution in [1.82, 2.24) is 0 Å². The molecule has 2 rings (SSSR count). The molecule has 0 spiro atoms. The Morgan fingerprint density at radius 2 is 2.19 bits per heavy atom. The fraction of sp³-hybridized carbons (Fsp3) is 0.538. The second kappa shape index (κ2) is 4.56. The van der Waals surface area contributed by atoms with E-state index in [4.69, 9.17) is 28.9 Å². The first kappa shape index (κ1) is 12.2. The van der Waals surface area contributed by atoms with E-state index in [0.717, 1.165) is 34.9 Å². The van der Waals surface area contributed by atoms with Crippen LogP contribution in [0.4, 0.5) is 0 Å². The topological polar surface area (TPSA) is 26.0 Å². The lowest BCUT2D eigenvalue weighted by molar-refractivity contribution is 0.329. The first-order valence-corrected chi connectivity index (χ1v) is 6.44. The summed E-state index contributed by atoms with van der Waals surface area (Å²) in [4.78, 5) is 0. The monoisotopic (exact) mass is 257 g/mol. The van der Waals surface area contributed by atoms with Crippen LogP contribution >= 0.6 is 23.2 Å². The third-order valence-electron chi connectivity index (χ3n) is 3.50. The smallest absolute Gasteiger partial charge is 0.0439 e. The van der Waals surface area contributed by atoms with Gasteiger partial charge in [0.05, 0.1) is 0 Å². The van der Waals surface area contributed by atoms with Crippen LogP contribution in [0.5, 0.6) is 0 Å². The van der Waals surface area contributed by atoms with Gasteiger partial charge in [0, 0.05) is 16.1 Å². The molecule has 1 fully saturated rings. The quantitative estimate of drug-likeness (QED) is 0.850. The van der Waals surface area contributed by atoms with Crippen LogP contribution in [-0.4, -0.2) is 6.04 Å². The lowest BCUT2D eigenvalue weighted by Crippen LogP contribution is -2.21. The normalized spacial score (nSPS) is 29.6. The Morgan fingerprint density at radius 3 is 2.81 bits per heavy atom. The van der Waals surface area contributed by atoms with Gasteiger partial charge >= 0.3 is 0 Å². The fourth-order valence-electron chi connectivity index (χ4n) is 2.67.